The fourth-order valence-electron chi connectivity index (χ4n) is 5.58. The highest BCUT2D eigenvalue weighted by atomic mass is 16.5. The van der Waals surface area contributed by atoms with Crippen molar-refractivity contribution in [3.63, 3.8) is 0 Å². The molecule has 2 atom stereocenters. The van der Waals surface area contributed by atoms with Gasteiger partial charge in [-0.1, -0.05) is 19.4 Å². The molecule has 0 bridgehead atoms. The zero-order valence-corrected chi connectivity index (χ0v) is 19.1. The van der Waals surface area contributed by atoms with E-state index in [0.717, 1.165) is 49.1 Å². The summed E-state index contributed by atoms with van der Waals surface area (Å²) >= 11 is 0. The van der Waals surface area contributed by atoms with Crippen LogP contribution in [-0.2, 0) is 13.0 Å². The van der Waals surface area contributed by atoms with Crippen LogP contribution in [0.15, 0.2) is 24.3 Å². The van der Waals surface area contributed by atoms with Crippen LogP contribution in [0.2, 0.25) is 0 Å². The Labute approximate surface area is 185 Å². The fraction of sp³-hybridized carbons (Fsp3) is 0.538. The van der Waals surface area contributed by atoms with Gasteiger partial charge in [-0.25, -0.2) is 0 Å². The molecule has 0 radical (unpaired) electrons. The average molecular weight is 424 g/mol. The Bertz CT molecular complexity index is 968. The molecule has 1 aliphatic carbocycles. The topological polar surface area (TPSA) is 40.2 Å². The van der Waals surface area contributed by atoms with Gasteiger partial charge in [0.1, 0.15) is 0 Å². The zero-order chi connectivity index (χ0) is 21.5. The van der Waals surface area contributed by atoms with Crippen LogP contribution in [0.25, 0.3) is 0 Å². The first-order chi connectivity index (χ1) is 15.1. The Morgan fingerprint density at radius 2 is 1.74 bits per heavy atom. The van der Waals surface area contributed by atoms with Gasteiger partial charge in [-0.05, 0) is 60.1 Å². The van der Waals surface area contributed by atoms with Crippen LogP contribution in [0, 0.1) is 5.92 Å². The number of fused-ring (bicyclic) bond motifs is 4. The third-order valence-electron chi connectivity index (χ3n) is 7.52. The summed E-state index contributed by atoms with van der Waals surface area (Å²) in [7, 11) is 5.18. The molecule has 0 amide bonds. The first-order valence-electron chi connectivity index (χ1n) is 11.5. The number of hydrogen-bond acceptors (Lipinski definition) is 5. The molecule has 2 aliphatic heterocycles. The molecule has 2 aromatic carbocycles. The number of methoxy groups -OCH3 is 3. The van der Waals surface area contributed by atoms with E-state index in [4.69, 9.17) is 18.9 Å². The molecule has 1 saturated carbocycles. The molecular formula is C26H33NO4. The van der Waals surface area contributed by atoms with Crippen LogP contribution >= 0.6 is 0 Å². The van der Waals surface area contributed by atoms with Gasteiger partial charge in [0.05, 0.1) is 27.9 Å². The largest absolute Gasteiger partial charge is 0.493 e. The van der Waals surface area contributed by atoms with Crippen LogP contribution in [0.3, 0.4) is 0 Å². The fourth-order valence-corrected chi connectivity index (χ4v) is 5.58. The highest BCUT2D eigenvalue weighted by molar-refractivity contribution is 5.56. The van der Waals surface area contributed by atoms with Crippen LogP contribution in [0.5, 0.6) is 23.0 Å². The lowest BCUT2D eigenvalue weighted by atomic mass is 9.77. The summed E-state index contributed by atoms with van der Waals surface area (Å²) in [6.45, 7) is 5.02. The standard InChI is InChI=1S/C26H33NO4/c1-16-19-8-9-22(28-2)26(30-4)21(19)14-27-11-10-18-12-24(31-15-17-6-5-7-17)23(29-3)13-20(18)25(16)27/h8-9,12-13,16-17,25H,5-7,10-11,14-15H2,1-4H3/t16-,25?/m0/s1. The second kappa shape index (κ2) is 8.27. The Morgan fingerprint density at radius 1 is 0.935 bits per heavy atom. The molecule has 0 saturated heterocycles. The Kier molecular flexibility index (Phi) is 5.47. The van der Waals surface area contributed by atoms with Crippen molar-refractivity contribution in [3.8, 4) is 23.0 Å². The summed E-state index contributed by atoms with van der Waals surface area (Å²) < 4.78 is 23.3. The van der Waals surface area contributed by atoms with Gasteiger partial charge in [0.25, 0.3) is 0 Å². The van der Waals surface area contributed by atoms with Gasteiger partial charge < -0.3 is 18.9 Å². The van der Waals surface area contributed by atoms with Crippen LogP contribution in [0.4, 0.5) is 0 Å². The number of ether oxygens (including phenoxy) is 4. The number of benzene rings is 2. The Morgan fingerprint density at radius 3 is 2.42 bits per heavy atom. The number of rotatable bonds is 6. The maximum absolute atomic E-state index is 6.20. The summed E-state index contributed by atoms with van der Waals surface area (Å²) in [5, 5.41) is 0. The van der Waals surface area contributed by atoms with Crippen molar-refractivity contribution in [1.82, 2.24) is 4.90 Å². The van der Waals surface area contributed by atoms with Gasteiger partial charge in [-0.15, -0.1) is 0 Å². The predicted octanol–water partition coefficient (Wildman–Crippen LogP) is 5.11. The lowest BCUT2D eigenvalue weighted by Crippen LogP contribution is -2.41. The molecule has 0 aromatic heterocycles. The normalized spacial score (nSPS) is 22.6. The molecular weight excluding hydrogens is 390 g/mol. The van der Waals surface area contributed by atoms with E-state index in [-0.39, 0.29) is 0 Å². The van der Waals surface area contributed by atoms with E-state index in [1.54, 1.807) is 21.3 Å². The molecule has 5 heteroatoms. The Hall–Kier alpha value is -2.40. The van der Waals surface area contributed by atoms with Crippen molar-refractivity contribution in [1.29, 1.82) is 0 Å². The summed E-state index contributed by atoms with van der Waals surface area (Å²) in [6, 6.07) is 9.03. The third kappa shape index (κ3) is 3.43. The van der Waals surface area contributed by atoms with Crippen molar-refractivity contribution < 1.29 is 18.9 Å². The lowest BCUT2D eigenvalue weighted by Gasteiger charge is -2.45. The molecule has 166 valence electrons. The lowest BCUT2D eigenvalue weighted by molar-refractivity contribution is 0.135. The molecule has 1 fully saturated rings. The molecule has 0 spiro atoms. The van der Waals surface area contributed by atoms with E-state index < -0.39 is 0 Å². The molecule has 5 rings (SSSR count). The maximum Gasteiger partial charge on any atom is 0.165 e. The highest BCUT2D eigenvalue weighted by Crippen LogP contribution is 2.51. The smallest absolute Gasteiger partial charge is 0.165 e. The summed E-state index contributed by atoms with van der Waals surface area (Å²) in [4.78, 5) is 2.58. The van der Waals surface area contributed by atoms with E-state index in [9.17, 15) is 0 Å². The average Bonchev–Trinajstić information content (AvgIpc) is 2.76. The van der Waals surface area contributed by atoms with Crippen molar-refractivity contribution in [2.75, 3.05) is 34.5 Å². The van der Waals surface area contributed by atoms with Crippen molar-refractivity contribution in [2.45, 2.75) is 51.1 Å². The summed E-state index contributed by atoms with van der Waals surface area (Å²) in [5.41, 5.74) is 5.35. The van der Waals surface area contributed by atoms with Crippen LogP contribution in [0.1, 0.15) is 60.4 Å². The number of hydrogen-bond donors (Lipinski definition) is 0. The van der Waals surface area contributed by atoms with Crippen LogP contribution in [-0.4, -0.2) is 39.4 Å². The molecule has 31 heavy (non-hydrogen) atoms. The summed E-state index contributed by atoms with van der Waals surface area (Å²) in [5.74, 6) is 4.47. The van der Waals surface area contributed by atoms with Crippen molar-refractivity contribution in [3.05, 3.63) is 46.5 Å². The van der Waals surface area contributed by atoms with E-state index in [1.165, 1.54) is 41.5 Å². The first kappa shape index (κ1) is 20.5. The van der Waals surface area contributed by atoms with Gasteiger partial charge in [0.15, 0.2) is 23.0 Å². The van der Waals surface area contributed by atoms with Gasteiger partial charge >= 0.3 is 0 Å². The van der Waals surface area contributed by atoms with E-state index in [0.29, 0.717) is 17.9 Å². The second-order valence-corrected chi connectivity index (χ2v) is 9.13. The number of nitrogens with zero attached hydrogens (tertiary/aromatic N) is 1. The highest BCUT2D eigenvalue weighted by Gasteiger charge is 2.39. The summed E-state index contributed by atoms with van der Waals surface area (Å²) in [6.07, 6.45) is 4.93. The molecule has 0 N–H and O–H groups in total. The minimum atomic E-state index is 0.323. The SMILES string of the molecule is COc1cc2c(cc1OCC1CCC1)CCN1Cc3c(ccc(OC)c3OC)[C@H](C)C21. The molecule has 2 aromatic rings. The van der Waals surface area contributed by atoms with Gasteiger partial charge in [0.2, 0.25) is 0 Å². The zero-order valence-electron chi connectivity index (χ0n) is 19.1. The van der Waals surface area contributed by atoms with E-state index in [1.807, 2.05) is 6.07 Å². The van der Waals surface area contributed by atoms with Crippen molar-refractivity contribution in [2.24, 2.45) is 5.92 Å². The minimum Gasteiger partial charge on any atom is -0.493 e. The minimum absolute atomic E-state index is 0.323. The van der Waals surface area contributed by atoms with Gasteiger partial charge in [-0.2, -0.15) is 0 Å². The molecule has 3 aliphatic rings. The maximum atomic E-state index is 6.20. The molecule has 2 heterocycles. The van der Waals surface area contributed by atoms with Gasteiger partial charge in [-0.3, -0.25) is 4.90 Å². The predicted molar refractivity (Wildman–Crippen MR) is 121 cm³/mol. The van der Waals surface area contributed by atoms with Crippen LogP contribution < -0.4 is 18.9 Å². The second-order valence-electron chi connectivity index (χ2n) is 9.13. The molecule has 5 nitrogen and oxygen atoms in total. The monoisotopic (exact) mass is 423 g/mol. The third-order valence-corrected chi connectivity index (χ3v) is 7.52. The quantitative estimate of drug-likeness (QED) is 0.646. The van der Waals surface area contributed by atoms with E-state index >= 15 is 0 Å². The Balaban J connectivity index is 1.50. The van der Waals surface area contributed by atoms with Gasteiger partial charge in [0, 0.05) is 30.6 Å². The first-order valence-corrected chi connectivity index (χ1v) is 11.5. The van der Waals surface area contributed by atoms with E-state index in [2.05, 4.69) is 30.0 Å². The van der Waals surface area contributed by atoms with Crippen molar-refractivity contribution >= 4 is 0 Å². The molecule has 1 unspecified atom stereocenters.